The summed E-state index contributed by atoms with van der Waals surface area (Å²) < 4.78 is 6.23. The zero-order chi connectivity index (χ0) is 21.3. The summed E-state index contributed by atoms with van der Waals surface area (Å²) in [5.41, 5.74) is 3.39. The first-order valence-corrected chi connectivity index (χ1v) is 9.27. The topological polar surface area (TPSA) is 129 Å². The summed E-state index contributed by atoms with van der Waals surface area (Å²) in [4.78, 5) is 27.0. The van der Waals surface area contributed by atoms with Crippen LogP contribution >= 0.6 is 0 Å². The Morgan fingerprint density at radius 1 is 1.17 bits per heavy atom. The second-order valence-corrected chi connectivity index (χ2v) is 6.91. The van der Waals surface area contributed by atoms with Gasteiger partial charge < -0.3 is 20.4 Å². The number of nitrogens with zero attached hydrogens (tertiary/aromatic N) is 2. The molecule has 1 atom stereocenters. The molecule has 0 saturated heterocycles. The van der Waals surface area contributed by atoms with Gasteiger partial charge in [-0.05, 0) is 23.3 Å². The van der Waals surface area contributed by atoms with Crippen molar-refractivity contribution in [2.24, 2.45) is 5.10 Å². The van der Waals surface area contributed by atoms with Crippen LogP contribution in [-0.2, 0) is 6.54 Å². The van der Waals surface area contributed by atoms with Crippen LogP contribution in [0.1, 0.15) is 29.2 Å². The van der Waals surface area contributed by atoms with Gasteiger partial charge in [0.25, 0.3) is 5.56 Å². The van der Waals surface area contributed by atoms with Gasteiger partial charge in [0.1, 0.15) is 5.56 Å². The zero-order valence-corrected chi connectivity index (χ0v) is 16.1. The van der Waals surface area contributed by atoms with E-state index in [1.807, 2.05) is 30.3 Å². The zero-order valence-electron chi connectivity index (χ0n) is 16.1. The molecular weight excluding hydrogens is 388 g/mol. The molecule has 2 heterocycles. The molecular formula is C21H20N4O5. The molecule has 3 aromatic rings. The number of phenolic OH excluding ortho intramolecular Hbond substituents is 1. The number of hydrogen-bond acceptors (Lipinski definition) is 7. The van der Waals surface area contributed by atoms with Crippen LogP contribution in [0.2, 0.25) is 0 Å². The molecule has 1 aliphatic heterocycles. The number of benzene rings is 2. The molecule has 30 heavy (non-hydrogen) atoms. The molecule has 4 N–H and O–H groups in total. The summed E-state index contributed by atoms with van der Waals surface area (Å²) in [6, 6.07) is 13.7. The van der Waals surface area contributed by atoms with E-state index in [9.17, 15) is 19.8 Å². The average molecular weight is 408 g/mol. The molecule has 0 spiro atoms. The van der Waals surface area contributed by atoms with Crippen molar-refractivity contribution in [3.8, 4) is 17.4 Å². The second-order valence-electron chi connectivity index (χ2n) is 6.91. The summed E-state index contributed by atoms with van der Waals surface area (Å²) in [7, 11) is 1.45. The molecule has 1 aliphatic rings. The van der Waals surface area contributed by atoms with Crippen LogP contribution < -0.4 is 21.4 Å². The summed E-state index contributed by atoms with van der Waals surface area (Å²) in [5.74, 6) is -0.0978. The monoisotopic (exact) mass is 408 g/mol. The van der Waals surface area contributed by atoms with E-state index < -0.39 is 17.1 Å². The van der Waals surface area contributed by atoms with Gasteiger partial charge in [-0.2, -0.15) is 5.10 Å². The smallest absolute Gasteiger partial charge is 0.331 e. The number of hydrazone groups is 1. The number of nitrogens with one attached hydrogen (secondary N) is 2. The first kappa shape index (κ1) is 19.3. The van der Waals surface area contributed by atoms with Crippen molar-refractivity contribution in [1.29, 1.82) is 0 Å². The summed E-state index contributed by atoms with van der Waals surface area (Å²) >= 11 is 0. The maximum absolute atomic E-state index is 12.5. The molecule has 4 rings (SSSR count). The van der Waals surface area contributed by atoms with E-state index in [4.69, 9.17) is 4.74 Å². The van der Waals surface area contributed by atoms with E-state index in [1.165, 1.54) is 13.2 Å². The number of H-pyrrole nitrogens is 1. The quantitative estimate of drug-likeness (QED) is 0.506. The molecule has 9 heteroatoms. The summed E-state index contributed by atoms with van der Waals surface area (Å²) in [5, 5.41) is 24.7. The van der Waals surface area contributed by atoms with Crippen LogP contribution in [0.15, 0.2) is 63.2 Å². The molecule has 0 unspecified atom stereocenters. The number of aromatic amines is 1. The van der Waals surface area contributed by atoms with E-state index in [2.05, 4.69) is 15.5 Å². The third kappa shape index (κ3) is 3.52. The Kier molecular flexibility index (Phi) is 5.01. The molecule has 0 saturated carbocycles. The van der Waals surface area contributed by atoms with Gasteiger partial charge in [0, 0.05) is 6.42 Å². The van der Waals surface area contributed by atoms with Gasteiger partial charge >= 0.3 is 5.69 Å². The Labute approximate surface area is 170 Å². The number of ether oxygens (including phenoxy) is 1. The second kappa shape index (κ2) is 7.78. The van der Waals surface area contributed by atoms with Crippen LogP contribution in [0.4, 0.5) is 0 Å². The van der Waals surface area contributed by atoms with Gasteiger partial charge in [-0.15, -0.1) is 0 Å². The molecule has 2 aromatic carbocycles. The molecule has 0 amide bonds. The van der Waals surface area contributed by atoms with E-state index in [1.54, 1.807) is 12.1 Å². The van der Waals surface area contributed by atoms with E-state index in [0.29, 0.717) is 17.9 Å². The van der Waals surface area contributed by atoms with Crippen LogP contribution in [0, 0.1) is 0 Å². The number of hydrogen-bond donors (Lipinski definition) is 4. The minimum Gasteiger partial charge on any atom is -0.504 e. The molecule has 0 aliphatic carbocycles. The van der Waals surface area contributed by atoms with Gasteiger partial charge in [0.05, 0.1) is 25.4 Å². The maximum Gasteiger partial charge on any atom is 0.331 e. The summed E-state index contributed by atoms with van der Waals surface area (Å²) in [6.45, 7) is 0.106. The Balaban J connectivity index is 1.65. The molecule has 1 aromatic heterocycles. The Bertz CT molecular complexity index is 1230. The Hall–Kier alpha value is -4.01. The molecule has 9 nitrogen and oxygen atoms in total. The predicted octanol–water partition coefficient (Wildman–Crippen LogP) is 1.44. The fourth-order valence-corrected chi connectivity index (χ4v) is 3.43. The van der Waals surface area contributed by atoms with Crippen molar-refractivity contribution in [1.82, 2.24) is 15.0 Å². The van der Waals surface area contributed by atoms with E-state index in [-0.39, 0.29) is 23.9 Å². The molecule has 0 fully saturated rings. The van der Waals surface area contributed by atoms with Crippen molar-refractivity contribution in [2.75, 3.05) is 7.11 Å². The lowest BCUT2D eigenvalue weighted by atomic mass is 9.99. The van der Waals surface area contributed by atoms with Gasteiger partial charge in [-0.1, -0.05) is 36.4 Å². The number of phenols is 1. The van der Waals surface area contributed by atoms with Gasteiger partial charge in [0.2, 0.25) is 5.88 Å². The first-order valence-electron chi connectivity index (χ1n) is 9.27. The van der Waals surface area contributed by atoms with Crippen molar-refractivity contribution in [3.05, 3.63) is 86.1 Å². The maximum atomic E-state index is 12.5. The first-order chi connectivity index (χ1) is 14.5. The fraction of sp³-hybridized carbons (Fsp3) is 0.190. The van der Waals surface area contributed by atoms with Crippen LogP contribution in [-0.4, -0.2) is 32.6 Å². The number of methoxy groups -OCH3 is 1. The van der Waals surface area contributed by atoms with Gasteiger partial charge in [-0.25, -0.2) is 4.79 Å². The van der Waals surface area contributed by atoms with Crippen LogP contribution in [0.5, 0.6) is 17.4 Å². The highest BCUT2D eigenvalue weighted by Gasteiger charge is 2.27. The van der Waals surface area contributed by atoms with Gasteiger partial charge in [-0.3, -0.25) is 14.3 Å². The predicted molar refractivity (Wildman–Crippen MR) is 110 cm³/mol. The van der Waals surface area contributed by atoms with Crippen molar-refractivity contribution >= 4 is 5.71 Å². The Morgan fingerprint density at radius 2 is 1.93 bits per heavy atom. The highest BCUT2D eigenvalue weighted by molar-refractivity contribution is 6.03. The van der Waals surface area contributed by atoms with Crippen LogP contribution in [0.3, 0.4) is 0 Å². The third-order valence-corrected chi connectivity index (χ3v) is 5.00. The van der Waals surface area contributed by atoms with Crippen molar-refractivity contribution in [3.63, 3.8) is 0 Å². The highest BCUT2D eigenvalue weighted by Crippen LogP contribution is 2.32. The standard InChI is InChI=1S/C21H20N4O5/c1-30-17-9-13(7-8-16(17)26)14-10-15(24-23-14)18-19(27)22-21(29)25(20(18)28)11-12-5-3-2-4-6-12/h2-9,14,23,26,28H,10-11H2,1H3,(H,22,27,29)/t14-/m1/s1. The van der Waals surface area contributed by atoms with E-state index >= 15 is 0 Å². The average Bonchev–Trinajstić information content (AvgIpc) is 3.22. The molecule has 0 radical (unpaired) electrons. The lowest BCUT2D eigenvalue weighted by molar-refractivity contribution is 0.372. The normalized spacial score (nSPS) is 15.5. The van der Waals surface area contributed by atoms with Crippen molar-refractivity contribution in [2.45, 2.75) is 19.0 Å². The molecule has 154 valence electrons. The van der Waals surface area contributed by atoms with Gasteiger partial charge in [0.15, 0.2) is 11.5 Å². The number of rotatable bonds is 5. The lowest BCUT2D eigenvalue weighted by Gasteiger charge is -2.13. The largest absolute Gasteiger partial charge is 0.504 e. The Morgan fingerprint density at radius 3 is 2.67 bits per heavy atom. The van der Waals surface area contributed by atoms with E-state index in [0.717, 1.165) is 15.7 Å². The molecule has 0 bridgehead atoms. The fourth-order valence-electron chi connectivity index (χ4n) is 3.43. The minimum absolute atomic E-state index is 0.0162. The summed E-state index contributed by atoms with van der Waals surface area (Å²) in [6.07, 6.45) is 0.300. The SMILES string of the molecule is COc1cc([C@H]2CC(c3c(O)n(Cc4ccccc4)c(=O)[nH]c3=O)=NN2)ccc1O. The number of aromatic nitrogens is 2. The highest BCUT2D eigenvalue weighted by atomic mass is 16.5. The third-order valence-electron chi connectivity index (χ3n) is 5.00. The minimum atomic E-state index is -0.703. The number of aromatic hydroxyl groups is 2. The van der Waals surface area contributed by atoms with Crippen molar-refractivity contribution < 1.29 is 14.9 Å². The lowest BCUT2D eigenvalue weighted by Crippen LogP contribution is -2.34. The van der Waals surface area contributed by atoms with Crippen LogP contribution in [0.25, 0.3) is 0 Å².